The molecule has 0 aliphatic carbocycles. The number of H-pyrrole nitrogens is 1. The molecule has 90 valence electrons. The Bertz CT molecular complexity index is 686. The van der Waals surface area contributed by atoms with Crippen molar-refractivity contribution in [2.75, 3.05) is 5.32 Å². The van der Waals surface area contributed by atoms with Crippen LogP contribution in [-0.4, -0.2) is 30.5 Å². The van der Waals surface area contributed by atoms with Crippen LogP contribution in [0.15, 0.2) is 41.3 Å². The fourth-order valence-corrected chi connectivity index (χ4v) is 3.38. The van der Waals surface area contributed by atoms with Gasteiger partial charge in [-0.1, -0.05) is 0 Å². The summed E-state index contributed by atoms with van der Waals surface area (Å²) in [5.74, 6) is -0.177. The first kappa shape index (κ1) is 11.1. The molecule has 0 aliphatic rings. The van der Waals surface area contributed by atoms with Crippen molar-refractivity contribution in [3.8, 4) is 5.75 Å². The van der Waals surface area contributed by atoms with Gasteiger partial charge in [0.1, 0.15) is 0 Å². The Kier molecular flexibility index (Phi) is 2.70. The molecule has 1 amide bonds. The number of aromatic nitrogens is 1. The fourth-order valence-electron chi connectivity index (χ4n) is 1.74. The molecule has 0 saturated heterocycles. The van der Waals surface area contributed by atoms with E-state index in [9.17, 15) is 9.90 Å². The van der Waals surface area contributed by atoms with Crippen LogP contribution in [0.1, 0.15) is 10.5 Å². The Balaban J connectivity index is 1.87. The molecule has 3 N–H and O–H groups in total. The number of carbonyl (C=O) groups excluding carboxylic acids is 1. The van der Waals surface area contributed by atoms with Crippen LogP contribution in [0, 0.1) is 0 Å². The van der Waals surface area contributed by atoms with Gasteiger partial charge in [-0.05, 0) is 0 Å². The maximum atomic E-state index is 12.0. The summed E-state index contributed by atoms with van der Waals surface area (Å²) in [5, 5.41) is 13.3. The van der Waals surface area contributed by atoms with Gasteiger partial charge >= 0.3 is 109 Å². The first-order valence-electron chi connectivity index (χ1n) is 5.39. The number of benzene rings is 1. The molecule has 18 heavy (non-hydrogen) atoms. The molecule has 0 radical (unpaired) electrons. The molecule has 0 aliphatic heterocycles. The van der Waals surface area contributed by atoms with Gasteiger partial charge in [-0.15, -0.1) is 0 Å². The van der Waals surface area contributed by atoms with Crippen LogP contribution in [0.4, 0.5) is 5.69 Å². The van der Waals surface area contributed by atoms with Crippen molar-refractivity contribution in [3.05, 3.63) is 47.0 Å². The predicted octanol–water partition coefficient (Wildman–Crippen LogP) is 2.18. The van der Waals surface area contributed by atoms with Crippen molar-refractivity contribution in [2.45, 2.75) is 0 Å². The first-order chi connectivity index (χ1) is 8.74. The van der Waals surface area contributed by atoms with E-state index in [0.717, 1.165) is 9.78 Å². The van der Waals surface area contributed by atoms with Crippen molar-refractivity contribution in [1.82, 2.24) is 4.98 Å². The molecule has 0 unspecified atom stereocenters. The van der Waals surface area contributed by atoms with Crippen LogP contribution >= 0.6 is 0 Å². The van der Waals surface area contributed by atoms with E-state index < -0.39 is 0 Å². The number of nitrogens with one attached hydrogen (secondary N) is 2. The van der Waals surface area contributed by atoms with Gasteiger partial charge in [0.05, 0.1) is 0 Å². The zero-order valence-electron chi connectivity index (χ0n) is 9.31. The Morgan fingerprint density at radius 1 is 1.28 bits per heavy atom. The second kappa shape index (κ2) is 4.37. The van der Waals surface area contributed by atoms with Crippen LogP contribution in [0.3, 0.4) is 0 Å². The third-order valence-electron chi connectivity index (χ3n) is 2.64. The van der Waals surface area contributed by atoms with E-state index in [1.54, 1.807) is 18.2 Å². The monoisotopic (exact) mass is 306 g/mol. The number of phenolic OH excluding ortho intramolecular Hbond substituents is 1. The molecular weight excluding hydrogens is 295 g/mol. The van der Waals surface area contributed by atoms with E-state index in [2.05, 4.69) is 15.2 Å². The number of aromatic amines is 1. The summed E-state index contributed by atoms with van der Waals surface area (Å²) in [7, 11) is 0. The van der Waals surface area contributed by atoms with E-state index in [-0.39, 0.29) is 11.7 Å². The molecule has 1 aromatic carbocycles. The molecule has 2 heterocycles. The molecule has 0 spiro atoms. The van der Waals surface area contributed by atoms with Gasteiger partial charge in [0.15, 0.2) is 0 Å². The van der Waals surface area contributed by atoms with Crippen molar-refractivity contribution in [1.29, 1.82) is 0 Å². The standard InChI is InChI=1S/C13H10N2O2Se/c16-11-4-2-1-3-9(11)14-12(17)10-7-8-5-6-18-13(8)15-10/h1-7,15-16H,(H,14,17). The summed E-state index contributed by atoms with van der Waals surface area (Å²) in [6.45, 7) is 0. The Labute approximate surface area is 109 Å². The second-order valence-electron chi connectivity index (χ2n) is 3.86. The maximum absolute atomic E-state index is 12.0. The zero-order valence-corrected chi connectivity index (χ0v) is 11.0. The van der Waals surface area contributed by atoms with Crippen LogP contribution in [0.25, 0.3) is 9.78 Å². The van der Waals surface area contributed by atoms with Crippen molar-refractivity contribution in [3.63, 3.8) is 0 Å². The molecule has 0 fully saturated rings. The van der Waals surface area contributed by atoms with E-state index in [0.29, 0.717) is 25.9 Å². The molecule has 0 atom stereocenters. The van der Waals surface area contributed by atoms with Crippen molar-refractivity contribution < 1.29 is 9.90 Å². The number of rotatable bonds is 2. The van der Waals surface area contributed by atoms with Gasteiger partial charge in [-0.25, -0.2) is 0 Å². The van der Waals surface area contributed by atoms with Crippen LogP contribution in [0.5, 0.6) is 5.75 Å². The summed E-state index contributed by atoms with van der Waals surface area (Å²) < 4.78 is 1.12. The van der Waals surface area contributed by atoms with Gasteiger partial charge in [-0.2, -0.15) is 0 Å². The van der Waals surface area contributed by atoms with E-state index in [1.165, 1.54) is 6.07 Å². The number of anilines is 1. The van der Waals surface area contributed by atoms with Crippen molar-refractivity contribution >= 4 is 35.9 Å². The normalized spacial score (nSPS) is 10.7. The van der Waals surface area contributed by atoms with Crippen LogP contribution in [0.2, 0.25) is 0 Å². The molecular formula is C13H10N2O2Se. The molecule has 3 aromatic rings. The van der Waals surface area contributed by atoms with Gasteiger partial charge in [0.2, 0.25) is 0 Å². The number of amides is 1. The quantitative estimate of drug-likeness (QED) is 0.502. The van der Waals surface area contributed by atoms with Gasteiger partial charge in [-0.3, -0.25) is 0 Å². The average molecular weight is 305 g/mol. The van der Waals surface area contributed by atoms with E-state index >= 15 is 0 Å². The topological polar surface area (TPSA) is 65.1 Å². The Morgan fingerprint density at radius 3 is 2.89 bits per heavy atom. The number of carbonyl (C=O) groups is 1. The predicted molar refractivity (Wildman–Crippen MR) is 71.3 cm³/mol. The first-order valence-corrected chi connectivity index (χ1v) is 7.24. The molecule has 3 rings (SSSR count). The Morgan fingerprint density at radius 2 is 2.11 bits per heavy atom. The summed E-state index contributed by atoms with van der Waals surface area (Å²) in [6.07, 6.45) is 0. The average Bonchev–Trinajstić information content (AvgIpc) is 2.92. The number of phenols is 1. The summed E-state index contributed by atoms with van der Waals surface area (Å²) in [5.41, 5.74) is 0.938. The van der Waals surface area contributed by atoms with Gasteiger partial charge in [0.25, 0.3) is 0 Å². The molecule has 5 heteroatoms. The minimum atomic E-state index is -0.241. The van der Waals surface area contributed by atoms with Crippen molar-refractivity contribution in [2.24, 2.45) is 0 Å². The van der Waals surface area contributed by atoms with Crippen LogP contribution in [-0.2, 0) is 0 Å². The zero-order chi connectivity index (χ0) is 12.5. The Hall–Kier alpha value is -1.97. The molecule has 4 nitrogen and oxygen atoms in total. The second-order valence-corrected chi connectivity index (χ2v) is 5.78. The molecule has 0 bridgehead atoms. The third kappa shape index (κ3) is 1.94. The summed E-state index contributed by atoms with van der Waals surface area (Å²) in [6, 6.07) is 10.5. The fraction of sp³-hybridized carbons (Fsp3) is 0. The summed E-state index contributed by atoms with van der Waals surface area (Å²) in [4.78, 5) is 17.2. The van der Waals surface area contributed by atoms with E-state index in [4.69, 9.17) is 0 Å². The van der Waals surface area contributed by atoms with Gasteiger partial charge < -0.3 is 0 Å². The SMILES string of the molecule is O=C(Nc1ccccc1O)c1cc2cc[se]c2[nH]1. The number of para-hydroxylation sites is 2. The van der Waals surface area contributed by atoms with E-state index in [1.807, 2.05) is 12.1 Å². The van der Waals surface area contributed by atoms with Gasteiger partial charge in [0, 0.05) is 0 Å². The number of fused-ring (bicyclic) bond motifs is 1. The minimum absolute atomic E-state index is 0.0639. The third-order valence-corrected chi connectivity index (χ3v) is 4.41. The number of hydrogen-bond acceptors (Lipinski definition) is 2. The summed E-state index contributed by atoms with van der Waals surface area (Å²) >= 11 is 0.294. The number of hydrogen-bond donors (Lipinski definition) is 3. The molecule has 2 aromatic heterocycles. The van der Waals surface area contributed by atoms with Crippen LogP contribution < -0.4 is 5.32 Å². The molecule has 0 saturated carbocycles. The number of aromatic hydroxyl groups is 1.